The first kappa shape index (κ1) is 12.7. The highest BCUT2D eigenvalue weighted by molar-refractivity contribution is 7.91. The predicted octanol–water partition coefficient (Wildman–Crippen LogP) is 1.38. The third-order valence-electron chi connectivity index (χ3n) is 3.08. The molecule has 3 heterocycles. The van der Waals surface area contributed by atoms with Crippen molar-refractivity contribution >= 4 is 21.4 Å². The number of hydrogen-bond donors (Lipinski definition) is 1. The van der Waals surface area contributed by atoms with Gasteiger partial charge in [0, 0.05) is 31.0 Å². The molecular weight excluding hydrogens is 284 g/mol. The quantitative estimate of drug-likeness (QED) is 0.909. The molecule has 5 nitrogen and oxygen atoms in total. The Morgan fingerprint density at radius 2 is 2.11 bits per heavy atom. The average molecular weight is 296 g/mol. The molecule has 1 unspecified atom stereocenters. The molecule has 1 aliphatic heterocycles. The van der Waals surface area contributed by atoms with Crippen molar-refractivity contribution in [2.45, 2.75) is 16.9 Å². The van der Waals surface area contributed by atoms with Crippen molar-refractivity contribution in [2.24, 2.45) is 0 Å². The second-order valence-electron chi connectivity index (χ2n) is 4.33. The zero-order valence-electron chi connectivity index (χ0n) is 9.93. The van der Waals surface area contributed by atoms with Crippen molar-refractivity contribution in [1.82, 2.24) is 9.29 Å². The fourth-order valence-corrected chi connectivity index (χ4v) is 5.15. The zero-order chi connectivity index (χ0) is 13.5. The van der Waals surface area contributed by atoms with Crippen LogP contribution in [-0.4, -0.2) is 29.4 Å². The summed E-state index contributed by atoms with van der Waals surface area (Å²) in [6.45, 7) is 0.341. The number of pyridine rings is 1. The summed E-state index contributed by atoms with van der Waals surface area (Å²) in [6, 6.07) is 5.21. The lowest BCUT2D eigenvalue weighted by Crippen LogP contribution is -2.38. The highest BCUT2D eigenvalue weighted by Crippen LogP contribution is 2.36. The molecule has 1 atom stereocenters. The summed E-state index contributed by atoms with van der Waals surface area (Å²) in [6.07, 6.45) is 2.49. The highest BCUT2D eigenvalue weighted by atomic mass is 32.2. The van der Waals surface area contributed by atoms with Gasteiger partial charge >= 0.3 is 0 Å². The molecule has 0 fully saturated rings. The predicted molar refractivity (Wildman–Crippen MR) is 71.1 cm³/mol. The van der Waals surface area contributed by atoms with E-state index in [0.717, 1.165) is 16.9 Å². The van der Waals surface area contributed by atoms with E-state index in [4.69, 9.17) is 0 Å². The lowest BCUT2D eigenvalue weighted by atomic mass is 10.2. The van der Waals surface area contributed by atoms with Gasteiger partial charge in [0.2, 0.25) is 0 Å². The number of hydrogen-bond acceptors (Lipinski definition) is 5. The Balaban J connectivity index is 1.97. The second kappa shape index (κ2) is 4.68. The number of aromatic nitrogens is 1. The van der Waals surface area contributed by atoms with Crippen LogP contribution >= 0.6 is 11.3 Å². The normalized spacial score (nSPS) is 22.1. The first-order chi connectivity index (χ1) is 9.09. The first-order valence-electron chi connectivity index (χ1n) is 5.73. The molecule has 100 valence electrons. The Hall–Kier alpha value is -1.28. The van der Waals surface area contributed by atoms with Crippen LogP contribution in [0.1, 0.15) is 17.2 Å². The molecule has 1 N–H and O–H groups in total. The van der Waals surface area contributed by atoms with Crippen molar-refractivity contribution in [3.8, 4) is 0 Å². The van der Waals surface area contributed by atoms with Gasteiger partial charge in [-0.1, -0.05) is 0 Å². The molecular formula is C12H12N2O3S2. The van der Waals surface area contributed by atoms with E-state index < -0.39 is 16.1 Å². The van der Waals surface area contributed by atoms with Gasteiger partial charge in [-0.3, -0.25) is 4.98 Å². The molecule has 19 heavy (non-hydrogen) atoms. The van der Waals surface area contributed by atoms with E-state index >= 15 is 0 Å². The van der Waals surface area contributed by atoms with Gasteiger partial charge in [-0.2, -0.15) is 4.31 Å². The van der Waals surface area contributed by atoms with Crippen molar-refractivity contribution < 1.29 is 13.5 Å². The maximum Gasteiger partial charge on any atom is 0.253 e. The van der Waals surface area contributed by atoms with Crippen molar-refractivity contribution in [3.63, 3.8) is 0 Å². The minimum Gasteiger partial charge on any atom is -0.387 e. The minimum absolute atomic E-state index is 0.0917. The van der Waals surface area contributed by atoms with Crippen LogP contribution in [0.4, 0.5) is 0 Å². The lowest BCUT2D eigenvalue weighted by molar-refractivity contribution is 0.137. The van der Waals surface area contributed by atoms with Crippen LogP contribution in [0.25, 0.3) is 0 Å². The van der Waals surface area contributed by atoms with Crippen LogP contribution in [0.3, 0.4) is 0 Å². The molecule has 0 spiro atoms. The van der Waals surface area contributed by atoms with Gasteiger partial charge in [-0.15, -0.1) is 11.3 Å². The minimum atomic E-state index is -3.50. The monoisotopic (exact) mass is 296 g/mol. The maximum atomic E-state index is 12.4. The van der Waals surface area contributed by atoms with Crippen molar-refractivity contribution in [3.05, 3.63) is 47.1 Å². The van der Waals surface area contributed by atoms with Crippen molar-refractivity contribution in [1.29, 1.82) is 0 Å². The topological polar surface area (TPSA) is 70.5 Å². The van der Waals surface area contributed by atoms with Crippen LogP contribution in [-0.2, 0) is 16.6 Å². The van der Waals surface area contributed by atoms with E-state index in [1.165, 1.54) is 4.31 Å². The molecule has 1 aliphatic rings. The summed E-state index contributed by atoms with van der Waals surface area (Å²) in [5, 5.41) is 11.7. The van der Waals surface area contributed by atoms with Crippen LogP contribution in [0.5, 0.6) is 0 Å². The van der Waals surface area contributed by atoms with E-state index in [9.17, 15) is 13.5 Å². The number of fused-ring (bicyclic) bond motifs is 1. The van der Waals surface area contributed by atoms with Gasteiger partial charge in [0.1, 0.15) is 4.21 Å². The van der Waals surface area contributed by atoms with Gasteiger partial charge in [0.25, 0.3) is 10.0 Å². The number of rotatable bonds is 2. The number of sulfonamides is 1. The number of aliphatic hydroxyl groups is 1. The Morgan fingerprint density at radius 1 is 1.37 bits per heavy atom. The Morgan fingerprint density at radius 3 is 2.84 bits per heavy atom. The van der Waals surface area contributed by atoms with Gasteiger partial charge in [0.05, 0.1) is 6.10 Å². The SMILES string of the molecule is O=S1(=O)c2sccc2C(O)CN1Cc1ccncc1. The number of aliphatic hydroxyl groups excluding tert-OH is 1. The Kier molecular flexibility index (Phi) is 3.14. The summed E-state index contributed by atoms with van der Waals surface area (Å²) in [4.78, 5) is 3.90. The van der Waals surface area contributed by atoms with Crippen LogP contribution in [0.2, 0.25) is 0 Å². The zero-order valence-corrected chi connectivity index (χ0v) is 11.6. The van der Waals surface area contributed by atoms with Gasteiger partial charge < -0.3 is 5.11 Å². The molecule has 0 saturated carbocycles. The second-order valence-corrected chi connectivity index (χ2v) is 7.38. The van der Waals surface area contributed by atoms with Gasteiger partial charge in [-0.25, -0.2) is 8.42 Å². The lowest BCUT2D eigenvalue weighted by Gasteiger charge is -2.29. The van der Waals surface area contributed by atoms with Crippen molar-refractivity contribution in [2.75, 3.05) is 6.54 Å². The largest absolute Gasteiger partial charge is 0.387 e. The number of thiophene rings is 1. The van der Waals surface area contributed by atoms with E-state index in [1.807, 2.05) is 0 Å². The fraction of sp³-hybridized carbons (Fsp3) is 0.250. The molecule has 3 rings (SSSR count). The molecule has 7 heteroatoms. The molecule has 0 saturated heterocycles. The van der Waals surface area contributed by atoms with Gasteiger partial charge in [0.15, 0.2) is 0 Å². The van der Waals surface area contributed by atoms with E-state index in [2.05, 4.69) is 4.98 Å². The third kappa shape index (κ3) is 2.18. The molecule has 0 aromatic carbocycles. The Labute approximate surface area is 115 Å². The summed E-state index contributed by atoms with van der Waals surface area (Å²) in [5.74, 6) is 0. The van der Waals surface area contributed by atoms with E-state index in [1.54, 1.807) is 36.0 Å². The Bertz CT molecular complexity index is 682. The standard InChI is InChI=1S/C12H12N2O3S2/c15-11-8-14(7-9-1-4-13-5-2-9)19(16,17)12-10(11)3-6-18-12/h1-6,11,15H,7-8H2. The highest BCUT2D eigenvalue weighted by Gasteiger charge is 2.37. The smallest absolute Gasteiger partial charge is 0.253 e. The molecule has 2 aromatic heterocycles. The molecule has 0 radical (unpaired) electrons. The van der Waals surface area contributed by atoms with Crippen LogP contribution < -0.4 is 0 Å². The van der Waals surface area contributed by atoms with Crippen LogP contribution in [0.15, 0.2) is 40.2 Å². The fourth-order valence-electron chi connectivity index (χ4n) is 2.11. The van der Waals surface area contributed by atoms with E-state index in [0.29, 0.717) is 5.56 Å². The summed E-state index contributed by atoms with van der Waals surface area (Å²) in [5.41, 5.74) is 1.36. The van der Waals surface area contributed by atoms with E-state index in [-0.39, 0.29) is 17.3 Å². The number of β-amino-alcohol motifs (C(OH)–C–C–N with tert-alkyl or cyclic N) is 1. The maximum absolute atomic E-state index is 12.4. The molecule has 2 aromatic rings. The molecule has 0 aliphatic carbocycles. The summed E-state index contributed by atoms with van der Waals surface area (Å²) >= 11 is 1.15. The third-order valence-corrected chi connectivity index (χ3v) is 6.38. The molecule has 0 amide bonds. The average Bonchev–Trinajstić information content (AvgIpc) is 2.88. The molecule has 0 bridgehead atoms. The summed E-state index contributed by atoms with van der Waals surface area (Å²) < 4.78 is 26.4. The summed E-state index contributed by atoms with van der Waals surface area (Å²) in [7, 11) is -3.50. The van der Waals surface area contributed by atoms with Gasteiger partial charge in [-0.05, 0) is 29.1 Å². The van der Waals surface area contributed by atoms with Crippen LogP contribution in [0, 0.1) is 0 Å². The first-order valence-corrected chi connectivity index (χ1v) is 8.05. The number of nitrogens with zero attached hydrogens (tertiary/aromatic N) is 2.